The van der Waals surface area contributed by atoms with E-state index in [9.17, 15) is 32.7 Å². The standard InChI is InChI=1S/C36H43ClF3N3O5/c37-28-20-24(19-27(33(28)46)36(38,39)40)21-30(34(47)43-17-11-25(12-18-43)42-15-3-4-16-42)48-32(45)8-7-23-9-13-35(14-10-23)22-31(44)41-29-6-2-1-5-26(29)35/h1-2,5-6,19-20,23,25,30,46H,3-4,7-18,21-22H2,(H,41,44)/t23?,30-,35?/m1/s1. The van der Waals surface area contributed by atoms with Crippen molar-refractivity contribution in [1.82, 2.24) is 9.80 Å². The summed E-state index contributed by atoms with van der Waals surface area (Å²) in [5, 5.41) is 12.4. The van der Waals surface area contributed by atoms with E-state index in [1.807, 2.05) is 18.2 Å². The third-order valence-electron chi connectivity index (χ3n) is 10.9. The Hall–Kier alpha value is -3.31. The Balaban J connectivity index is 1.10. The molecule has 2 aromatic rings. The lowest BCUT2D eigenvalue weighted by atomic mass is 9.63. The number of piperidine rings is 1. The number of benzene rings is 2. The van der Waals surface area contributed by atoms with Crippen molar-refractivity contribution in [3.63, 3.8) is 0 Å². The number of halogens is 4. The molecule has 260 valence electrons. The Kier molecular flexibility index (Phi) is 10.3. The highest BCUT2D eigenvalue weighted by Gasteiger charge is 2.43. The van der Waals surface area contributed by atoms with Gasteiger partial charge in [0.25, 0.3) is 5.91 Å². The predicted molar refractivity (Wildman–Crippen MR) is 175 cm³/mol. The molecule has 2 aromatic carbocycles. The van der Waals surface area contributed by atoms with E-state index in [1.54, 1.807) is 4.90 Å². The molecule has 1 saturated carbocycles. The van der Waals surface area contributed by atoms with E-state index in [4.69, 9.17) is 16.3 Å². The minimum atomic E-state index is -4.86. The number of likely N-dealkylation sites (tertiary alicyclic amines) is 2. The number of anilines is 1. The fourth-order valence-corrected chi connectivity index (χ4v) is 8.54. The molecule has 3 fully saturated rings. The lowest BCUT2D eigenvalue weighted by Gasteiger charge is -2.43. The van der Waals surface area contributed by atoms with Gasteiger partial charge in [-0.05, 0) is 106 Å². The van der Waals surface area contributed by atoms with Crippen LogP contribution in [0.5, 0.6) is 5.75 Å². The van der Waals surface area contributed by atoms with Gasteiger partial charge >= 0.3 is 12.1 Å². The Morgan fingerprint density at radius 2 is 1.73 bits per heavy atom. The van der Waals surface area contributed by atoms with Crippen molar-refractivity contribution in [1.29, 1.82) is 0 Å². The van der Waals surface area contributed by atoms with Crippen LogP contribution in [0.3, 0.4) is 0 Å². The van der Waals surface area contributed by atoms with Crippen molar-refractivity contribution in [2.24, 2.45) is 5.92 Å². The summed E-state index contributed by atoms with van der Waals surface area (Å²) in [5.74, 6) is -1.84. The molecule has 8 nitrogen and oxygen atoms in total. The van der Waals surface area contributed by atoms with E-state index in [-0.39, 0.29) is 35.6 Å². The summed E-state index contributed by atoms with van der Waals surface area (Å²) in [7, 11) is 0. The van der Waals surface area contributed by atoms with Crippen LogP contribution in [-0.4, -0.2) is 71.0 Å². The first-order chi connectivity index (χ1) is 22.9. The molecule has 2 saturated heterocycles. The van der Waals surface area contributed by atoms with Crippen molar-refractivity contribution >= 4 is 35.1 Å². The number of carbonyl (C=O) groups is 3. The van der Waals surface area contributed by atoms with Gasteiger partial charge in [0.15, 0.2) is 6.10 Å². The number of para-hydroxylation sites is 1. The van der Waals surface area contributed by atoms with Crippen molar-refractivity contribution in [2.75, 3.05) is 31.5 Å². The fourth-order valence-electron chi connectivity index (χ4n) is 8.30. The maximum atomic E-state index is 13.8. The number of aromatic hydroxyl groups is 1. The van der Waals surface area contributed by atoms with Crippen LogP contribution in [-0.2, 0) is 37.1 Å². The number of amides is 2. The van der Waals surface area contributed by atoms with E-state index < -0.39 is 40.5 Å². The average Bonchev–Trinajstić information content (AvgIpc) is 3.60. The number of ether oxygens (including phenoxy) is 1. The second kappa shape index (κ2) is 14.3. The summed E-state index contributed by atoms with van der Waals surface area (Å²) in [4.78, 5) is 43.6. The number of hydrogen-bond acceptors (Lipinski definition) is 6. The second-order valence-corrected chi connectivity index (χ2v) is 14.4. The zero-order valence-corrected chi connectivity index (χ0v) is 27.8. The largest absolute Gasteiger partial charge is 0.506 e. The van der Waals surface area contributed by atoms with E-state index in [0.29, 0.717) is 32.0 Å². The van der Waals surface area contributed by atoms with Gasteiger partial charge in [-0.1, -0.05) is 29.8 Å². The van der Waals surface area contributed by atoms with Crippen LogP contribution < -0.4 is 5.32 Å². The lowest BCUT2D eigenvalue weighted by Crippen LogP contribution is -2.50. The van der Waals surface area contributed by atoms with Gasteiger partial charge in [-0.15, -0.1) is 0 Å². The maximum Gasteiger partial charge on any atom is 0.420 e. The summed E-state index contributed by atoms with van der Waals surface area (Å²) in [6.07, 6.45) is 1.81. The van der Waals surface area contributed by atoms with Gasteiger partial charge < -0.3 is 25.0 Å². The van der Waals surface area contributed by atoms with Gasteiger partial charge in [0.05, 0.1) is 10.6 Å². The van der Waals surface area contributed by atoms with Gasteiger partial charge in [-0.2, -0.15) is 13.2 Å². The van der Waals surface area contributed by atoms with Crippen LogP contribution in [0.2, 0.25) is 5.02 Å². The number of carbonyl (C=O) groups excluding carboxylic acids is 3. The van der Waals surface area contributed by atoms with E-state index in [1.165, 1.54) is 18.9 Å². The van der Waals surface area contributed by atoms with Crippen molar-refractivity contribution in [3.05, 3.63) is 58.1 Å². The molecule has 3 heterocycles. The smallest absolute Gasteiger partial charge is 0.420 e. The fraction of sp³-hybridized carbons (Fsp3) is 0.583. The third kappa shape index (κ3) is 7.62. The lowest BCUT2D eigenvalue weighted by molar-refractivity contribution is -0.161. The van der Waals surface area contributed by atoms with Gasteiger partial charge in [0.2, 0.25) is 5.91 Å². The number of nitrogens with zero attached hydrogens (tertiary/aromatic N) is 2. The molecule has 0 radical (unpaired) electrons. The number of rotatable bonds is 8. The quantitative estimate of drug-likeness (QED) is 0.294. The molecular formula is C36H43ClF3N3O5. The highest BCUT2D eigenvalue weighted by Crippen LogP contribution is 2.49. The van der Waals surface area contributed by atoms with Gasteiger partial charge in [-0.3, -0.25) is 14.4 Å². The molecule has 0 bridgehead atoms. The monoisotopic (exact) mass is 689 g/mol. The van der Waals surface area contributed by atoms with E-state index in [2.05, 4.69) is 16.3 Å². The first-order valence-electron chi connectivity index (χ1n) is 17.1. The summed E-state index contributed by atoms with van der Waals surface area (Å²) in [6.45, 7) is 3.05. The summed E-state index contributed by atoms with van der Waals surface area (Å²) >= 11 is 5.97. The molecule has 3 aliphatic heterocycles. The summed E-state index contributed by atoms with van der Waals surface area (Å²) in [6, 6.07) is 10.2. The topological polar surface area (TPSA) is 99.2 Å². The third-order valence-corrected chi connectivity index (χ3v) is 11.2. The molecule has 48 heavy (non-hydrogen) atoms. The van der Waals surface area contributed by atoms with Crippen molar-refractivity contribution in [3.8, 4) is 5.75 Å². The van der Waals surface area contributed by atoms with Crippen LogP contribution in [0.25, 0.3) is 0 Å². The molecule has 1 spiro atoms. The highest BCUT2D eigenvalue weighted by atomic mass is 35.5. The van der Waals surface area contributed by atoms with Crippen LogP contribution in [0.15, 0.2) is 36.4 Å². The Bertz CT molecular complexity index is 1510. The number of nitrogens with one attached hydrogen (secondary N) is 1. The normalized spacial score (nSPS) is 24.3. The molecule has 6 rings (SSSR count). The van der Waals surface area contributed by atoms with Gasteiger partial charge in [0, 0.05) is 49.5 Å². The molecular weight excluding hydrogens is 647 g/mol. The van der Waals surface area contributed by atoms with Crippen LogP contribution in [0, 0.1) is 5.92 Å². The minimum absolute atomic E-state index is 0.0176. The molecule has 2 N–H and O–H groups in total. The number of phenols is 1. The molecule has 0 unspecified atom stereocenters. The second-order valence-electron chi connectivity index (χ2n) is 14.0. The Morgan fingerprint density at radius 1 is 1.04 bits per heavy atom. The van der Waals surface area contributed by atoms with E-state index in [0.717, 1.165) is 68.9 Å². The number of alkyl halides is 3. The van der Waals surface area contributed by atoms with Crippen molar-refractivity contribution < 1.29 is 37.4 Å². The number of phenolic OH excluding ortho intramolecular Hbond substituents is 1. The molecule has 4 aliphatic rings. The number of fused-ring (bicyclic) bond motifs is 2. The average molecular weight is 690 g/mol. The van der Waals surface area contributed by atoms with Crippen LogP contribution in [0.4, 0.5) is 18.9 Å². The molecule has 1 atom stereocenters. The molecule has 0 aromatic heterocycles. The number of esters is 1. The molecule has 2 amide bonds. The molecule has 12 heteroatoms. The first-order valence-corrected chi connectivity index (χ1v) is 17.5. The zero-order chi connectivity index (χ0) is 34.1. The van der Waals surface area contributed by atoms with Crippen LogP contribution in [0.1, 0.15) is 87.3 Å². The molecule has 1 aliphatic carbocycles. The van der Waals surface area contributed by atoms with E-state index >= 15 is 0 Å². The summed E-state index contributed by atoms with van der Waals surface area (Å²) in [5.41, 5.74) is 0.552. The minimum Gasteiger partial charge on any atom is -0.506 e. The van der Waals surface area contributed by atoms with Crippen LogP contribution >= 0.6 is 11.6 Å². The van der Waals surface area contributed by atoms with Gasteiger partial charge in [-0.25, -0.2) is 0 Å². The van der Waals surface area contributed by atoms with Crippen molar-refractivity contribution in [2.45, 2.75) is 101 Å². The summed E-state index contributed by atoms with van der Waals surface area (Å²) < 4.78 is 46.7. The Morgan fingerprint density at radius 3 is 2.42 bits per heavy atom. The SMILES string of the molecule is O=C1CC2(CCC(CCC(=O)O[C@H](Cc3cc(Cl)c(O)c(C(F)(F)F)c3)C(=O)N3CCC(N4CCCC4)CC3)CC2)c2ccccc2N1. The maximum absolute atomic E-state index is 13.8. The highest BCUT2D eigenvalue weighted by molar-refractivity contribution is 6.32. The van der Waals surface area contributed by atoms with Gasteiger partial charge in [0.1, 0.15) is 5.75 Å². The zero-order valence-electron chi connectivity index (χ0n) is 27.0. The number of hydrogen-bond donors (Lipinski definition) is 2. The predicted octanol–water partition coefficient (Wildman–Crippen LogP) is 6.86. The first kappa shape index (κ1) is 34.5. The Labute approximate surface area is 283 Å².